The van der Waals surface area contributed by atoms with Gasteiger partial charge in [-0.25, -0.2) is 0 Å². The number of unbranched alkanes of at least 4 members (excludes halogenated alkanes) is 1. The molecule has 2 unspecified atom stereocenters. The number of piperidine rings is 1. The number of amides is 2. The fourth-order valence-electron chi connectivity index (χ4n) is 4.41. The Morgan fingerprint density at radius 3 is 2.08 bits per heavy atom. The molecule has 2 aliphatic rings. The average molecular weight is 352 g/mol. The van der Waals surface area contributed by atoms with Crippen LogP contribution in [0.1, 0.15) is 64.7 Å². The first-order valence-corrected chi connectivity index (χ1v) is 10.1. The third-order valence-corrected chi connectivity index (χ3v) is 6.24. The van der Waals surface area contributed by atoms with Crippen molar-refractivity contribution in [2.24, 2.45) is 5.92 Å². The number of rotatable bonds is 9. The third-order valence-electron chi connectivity index (χ3n) is 6.24. The van der Waals surface area contributed by atoms with Crippen molar-refractivity contribution >= 4 is 11.8 Å². The largest absolute Gasteiger partial charge is 0.346 e. The van der Waals surface area contributed by atoms with Crippen molar-refractivity contribution in [3.05, 3.63) is 0 Å². The van der Waals surface area contributed by atoms with Crippen LogP contribution in [0.15, 0.2) is 0 Å². The van der Waals surface area contributed by atoms with E-state index in [1.807, 2.05) is 23.9 Å². The predicted octanol–water partition coefficient (Wildman–Crippen LogP) is 2.75. The molecule has 2 bridgehead atoms. The molecule has 2 amide bonds. The zero-order chi connectivity index (χ0) is 18.4. The minimum Gasteiger partial charge on any atom is -0.346 e. The van der Waals surface area contributed by atoms with Crippen LogP contribution in [-0.2, 0) is 9.59 Å². The Morgan fingerprint density at radius 1 is 0.960 bits per heavy atom. The summed E-state index contributed by atoms with van der Waals surface area (Å²) in [4.78, 5) is 30.6. The van der Waals surface area contributed by atoms with E-state index < -0.39 is 0 Å². The van der Waals surface area contributed by atoms with Crippen LogP contribution < -0.4 is 0 Å². The van der Waals surface area contributed by atoms with Crippen molar-refractivity contribution in [2.45, 2.75) is 76.8 Å². The maximum absolute atomic E-state index is 12.5. The van der Waals surface area contributed by atoms with E-state index in [9.17, 15) is 9.59 Å². The molecule has 2 atom stereocenters. The topological polar surface area (TPSA) is 43.9 Å². The van der Waals surface area contributed by atoms with Gasteiger partial charge in [-0.15, -0.1) is 0 Å². The molecular weight excluding hydrogens is 314 g/mol. The molecule has 0 aliphatic carbocycles. The maximum atomic E-state index is 12.5. The van der Waals surface area contributed by atoms with Crippen molar-refractivity contribution in [1.82, 2.24) is 14.7 Å². The summed E-state index contributed by atoms with van der Waals surface area (Å²) < 4.78 is 0. The Kier molecular flexibility index (Phi) is 7.73. The molecule has 5 heteroatoms. The number of hydrogen-bond acceptors (Lipinski definition) is 3. The molecule has 2 saturated heterocycles. The molecule has 2 fully saturated rings. The van der Waals surface area contributed by atoms with Gasteiger partial charge in [0.25, 0.3) is 0 Å². The smallest absolute Gasteiger partial charge is 0.222 e. The van der Waals surface area contributed by atoms with Gasteiger partial charge in [-0.2, -0.15) is 0 Å². The highest BCUT2D eigenvalue weighted by Crippen LogP contribution is 2.38. The zero-order valence-electron chi connectivity index (χ0n) is 16.7. The normalized spacial score (nSPS) is 25.8. The van der Waals surface area contributed by atoms with Crippen molar-refractivity contribution in [1.29, 1.82) is 0 Å². The third kappa shape index (κ3) is 5.70. The number of fused-ring (bicyclic) bond motifs is 2. The summed E-state index contributed by atoms with van der Waals surface area (Å²) in [6, 6.07) is 1.40. The van der Waals surface area contributed by atoms with Crippen molar-refractivity contribution < 1.29 is 9.59 Å². The quantitative estimate of drug-likeness (QED) is 0.641. The van der Waals surface area contributed by atoms with Crippen LogP contribution in [0.5, 0.6) is 0 Å². The highest BCUT2D eigenvalue weighted by Gasteiger charge is 2.39. The van der Waals surface area contributed by atoms with E-state index in [4.69, 9.17) is 0 Å². The van der Waals surface area contributed by atoms with Gasteiger partial charge in [0.2, 0.25) is 11.8 Å². The van der Waals surface area contributed by atoms with Crippen LogP contribution >= 0.6 is 0 Å². The molecule has 0 radical (unpaired) electrons. The van der Waals surface area contributed by atoms with Crippen LogP contribution in [0.3, 0.4) is 0 Å². The van der Waals surface area contributed by atoms with Gasteiger partial charge in [-0.05, 0) is 51.5 Å². The first-order chi connectivity index (χ1) is 11.9. The molecule has 25 heavy (non-hydrogen) atoms. The monoisotopic (exact) mass is 351 g/mol. The maximum Gasteiger partial charge on any atom is 0.222 e. The molecule has 0 saturated carbocycles. The molecule has 0 spiro atoms. The molecule has 0 N–H and O–H groups in total. The van der Waals surface area contributed by atoms with Crippen molar-refractivity contribution in [3.63, 3.8) is 0 Å². The second-order valence-electron chi connectivity index (χ2n) is 8.18. The molecular formula is C20H37N3O2. The standard InChI is InChI=1S/C20H37N3O2/c1-5-6-8-19(24)21(2)11-7-12-22(3)20(25)15-16-13-17-9-10-18(14-16)23(17)4/h16-18H,5-15H2,1-4H3. The van der Waals surface area contributed by atoms with Crippen LogP contribution in [0.2, 0.25) is 0 Å². The Bertz CT molecular complexity index is 440. The van der Waals surface area contributed by atoms with Crippen LogP contribution in [-0.4, -0.2) is 72.8 Å². The zero-order valence-corrected chi connectivity index (χ0v) is 16.7. The second-order valence-corrected chi connectivity index (χ2v) is 8.18. The molecule has 0 aromatic carbocycles. The molecule has 5 nitrogen and oxygen atoms in total. The van der Waals surface area contributed by atoms with Crippen LogP contribution in [0.25, 0.3) is 0 Å². The number of carbonyl (C=O) groups excluding carboxylic acids is 2. The second kappa shape index (κ2) is 9.56. The van der Waals surface area contributed by atoms with Gasteiger partial charge in [0.1, 0.15) is 0 Å². The van der Waals surface area contributed by atoms with Gasteiger partial charge in [0, 0.05) is 52.1 Å². The van der Waals surface area contributed by atoms with Gasteiger partial charge in [-0.3, -0.25) is 9.59 Å². The highest BCUT2D eigenvalue weighted by atomic mass is 16.2. The highest BCUT2D eigenvalue weighted by molar-refractivity contribution is 5.76. The summed E-state index contributed by atoms with van der Waals surface area (Å²) in [7, 11) is 6.02. The summed E-state index contributed by atoms with van der Waals surface area (Å²) in [6.07, 6.45) is 9.18. The lowest BCUT2D eigenvalue weighted by atomic mass is 9.88. The lowest BCUT2D eigenvalue weighted by Gasteiger charge is -2.36. The average Bonchev–Trinajstić information content (AvgIpc) is 2.80. The lowest BCUT2D eigenvalue weighted by molar-refractivity contribution is -0.131. The van der Waals surface area contributed by atoms with Gasteiger partial charge in [0.15, 0.2) is 0 Å². The first kappa shape index (κ1) is 20.2. The number of carbonyl (C=O) groups is 2. The minimum atomic E-state index is 0.220. The molecule has 0 aromatic rings. The molecule has 2 aliphatic heterocycles. The van der Waals surface area contributed by atoms with E-state index in [1.54, 1.807) is 0 Å². The van der Waals surface area contributed by atoms with E-state index in [-0.39, 0.29) is 11.8 Å². The van der Waals surface area contributed by atoms with E-state index in [2.05, 4.69) is 18.9 Å². The number of nitrogens with zero attached hydrogens (tertiary/aromatic N) is 3. The van der Waals surface area contributed by atoms with Gasteiger partial charge in [0.05, 0.1) is 0 Å². The van der Waals surface area contributed by atoms with E-state index >= 15 is 0 Å². The molecule has 2 heterocycles. The first-order valence-electron chi connectivity index (χ1n) is 10.1. The lowest BCUT2D eigenvalue weighted by Crippen LogP contribution is -2.41. The Hall–Kier alpha value is -1.10. The molecule has 144 valence electrons. The fraction of sp³-hybridized carbons (Fsp3) is 0.900. The molecule has 0 aromatic heterocycles. The Balaban J connectivity index is 1.64. The predicted molar refractivity (Wildman–Crippen MR) is 101 cm³/mol. The van der Waals surface area contributed by atoms with Crippen molar-refractivity contribution in [2.75, 3.05) is 34.2 Å². The SMILES string of the molecule is CCCCC(=O)N(C)CCCN(C)C(=O)CC1CC2CCC(C1)N2C. The van der Waals surface area contributed by atoms with Crippen molar-refractivity contribution in [3.8, 4) is 0 Å². The van der Waals surface area contributed by atoms with Crippen LogP contribution in [0, 0.1) is 5.92 Å². The Morgan fingerprint density at radius 2 is 1.52 bits per heavy atom. The van der Waals surface area contributed by atoms with Gasteiger partial charge < -0.3 is 14.7 Å². The Labute approximate surface area is 153 Å². The van der Waals surface area contributed by atoms with Crippen LogP contribution in [0.4, 0.5) is 0 Å². The summed E-state index contributed by atoms with van der Waals surface area (Å²) in [5.41, 5.74) is 0. The van der Waals surface area contributed by atoms with Gasteiger partial charge >= 0.3 is 0 Å². The minimum absolute atomic E-state index is 0.220. The van der Waals surface area contributed by atoms with Gasteiger partial charge in [-0.1, -0.05) is 13.3 Å². The van der Waals surface area contributed by atoms with E-state index in [0.717, 1.165) is 32.4 Å². The van der Waals surface area contributed by atoms with E-state index in [1.165, 1.54) is 25.7 Å². The summed E-state index contributed by atoms with van der Waals surface area (Å²) in [5.74, 6) is 1.05. The summed E-state index contributed by atoms with van der Waals surface area (Å²) in [5, 5.41) is 0. The van der Waals surface area contributed by atoms with E-state index in [0.29, 0.717) is 30.8 Å². The fourth-order valence-corrected chi connectivity index (χ4v) is 4.41. The molecule has 2 rings (SSSR count). The summed E-state index contributed by atoms with van der Waals surface area (Å²) >= 11 is 0. The number of hydrogen-bond donors (Lipinski definition) is 0. The summed E-state index contributed by atoms with van der Waals surface area (Å²) in [6.45, 7) is 3.58.